The third-order valence-corrected chi connectivity index (χ3v) is 1.26. The van der Waals surface area contributed by atoms with Crippen molar-refractivity contribution < 1.29 is 10.4 Å². The van der Waals surface area contributed by atoms with Crippen LogP contribution in [0.15, 0.2) is 24.3 Å². The Hall–Kier alpha value is -1.66. The van der Waals surface area contributed by atoms with Gasteiger partial charge in [-0.05, 0) is 6.07 Å². The van der Waals surface area contributed by atoms with Crippen molar-refractivity contribution in [1.82, 2.24) is 0 Å². The Balaban J connectivity index is 0.00000121. The molecule has 0 spiro atoms. The van der Waals surface area contributed by atoms with Gasteiger partial charge in [-0.1, -0.05) is 12.1 Å². The van der Waals surface area contributed by atoms with Gasteiger partial charge in [0.15, 0.2) is 0 Å². The van der Waals surface area contributed by atoms with Crippen molar-refractivity contribution in [2.24, 2.45) is 5.84 Å². The number of rotatable bonds is 2. The lowest BCUT2D eigenvalue weighted by molar-refractivity contribution is -0.384. The number of anilines is 1. The van der Waals surface area contributed by atoms with Gasteiger partial charge in [-0.25, -0.2) is 0 Å². The number of nitro groups is 1. The molecular weight excluding hydrogens is 162 g/mol. The predicted octanol–water partition coefficient (Wildman–Crippen LogP) is 0.0557. The smallest absolute Gasteiger partial charge is 0.293 e. The van der Waals surface area contributed by atoms with Crippen LogP contribution >= 0.6 is 0 Å². The molecule has 0 saturated carbocycles. The molecule has 0 unspecified atom stereocenters. The summed E-state index contributed by atoms with van der Waals surface area (Å²) in [6.07, 6.45) is 0. The van der Waals surface area contributed by atoms with Crippen molar-refractivity contribution in [2.45, 2.75) is 0 Å². The molecule has 6 nitrogen and oxygen atoms in total. The summed E-state index contributed by atoms with van der Waals surface area (Å²) in [5.41, 5.74) is 2.53. The zero-order valence-electron chi connectivity index (χ0n) is 6.15. The molecule has 0 bridgehead atoms. The lowest BCUT2D eigenvalue weighted by Crippen LogP contribution is -2.08. The minimum absolute atomic E-state index is 0. The molecule has 1 rings (SSSR count). The molecule has 1 aromatic carbocycles. The summed E-state index contributed by atoms with van der Waals surface area (Å²) in [6, 6.07) is 6.18. The molecule has 5 N–H and O–H groups in total. The van der Waals surface area contributed by atoms with Gasteiger partial charge in [-0.3, -0.25) is 16.0 Å². The van der Waals surface area contributed by atoms with Gasteiger partial charge in [0.25, 0.3) is 5.69 Å². The first-order valence-electron chi connectivity index (χ1n) is 2.95. The van der Waals surface area contributed by atoms with Gasteiger partial charge >= 0.3 is 0 Å². The highest BCUT2D eigenvalue weighted by Gasteiger charge is 2.09. The molecule has 0 radical (unpaired) electrons. The number of nitrogen functional groups attached to an aromatic ring is 1. The van der Waals surface area contributed by atoms with Gasteiger partial charge in [0.2, 0.25) is 0 Å². The summed E-state index contributed by atoms with van der Waals surface area (Å²) in [6.45, 7) is 0. The quantitative estimate of drug-likeness (QED) is 0.372. The maximum Gasteiger partial charge on any atom is 0.293 e. The summed E-state index contributed by atoms with van der Waals surface area (Å²) in [4.78, 5) is 9.80. The summed E-state index contributed by atoms with van der Waals surface area (Å²) in [5, 5.41) is 10.3. The Morgan fingerprint density at radius 2 is 2.00 bits per heavy atom. The lowest BCUT2D eigenvalue weighted by Gasteiger charge is -1.98. The van der Waals surface area contributed by atoms with E-state index in [0.29, 0.717) is 5.69 Å². The average molecular weight is 171 g/mol. The van der Waals surface area contributed by atoms with Crippen LogP contribution in [0.25, 0.3) is 0 Å². The monoisotopic (exact) mass is 171 g/mol. The van der Waals surface area contributed by atoms with Crippen LogP contribution in [0.2, 0.25) is 0 Å². The normalized spacial score (nSPS) is 8.42. The average Bonchev–Trinajstić information content (AvgIpc) is 2.04. The SMILES string of the molecule is NNc1ccccc1[N+](=O)[O-].O. The number of hydrogen-bond acceptors (Lipinski definition) is 4. The molecule has 0 heterocycles. The van der Waals surface area contributed by atoms with Crippen molar-refractivity contribution >= 4 is 11.4 Å². The molecule has 0 fully saturated rings. The molecule has 0 aromatic heterocycles. The predicted molar refractivity (Wildman–Crippen MR) is 44.5 cm³/mol. The van der Waals surface area contributed by atoms with Crippen molar-refractivity contribution in [3.63, 3.8) is 0 Å². The highest BCUT2D eigenvalue weighted by atomic mass is 16.6. The van der Waals surface area contributed by atoms with Crippen LogP contribution in [0.4, 0.5) is 11.4 Å². The van der Waals surface area contributed by atoms with E-state index in [0.717, 1.165) is 0 Å². The van der Waals surface area contributed by atoms with E-state index < -0.39 is 4.92 Å². The van der Waals surface area contributed by atoms with E-state index in [4.69, 9.17) is 5.84 Å². The van der Waals surface area contributed by atoms with Crippen LogP contribution in [0, 0.1) is 10.1 Å². The fourth-order valence-electron chi connectivity index (χ4n) is 0.755. The number of nitrogens with two attached hydrogens (primary N) is 1. The van der Waals surface area contributed by atoms with E-state index in [9.17, 15) is 10.1 Å². The van der Waals surface area contributed by atoms with Gasteiger partial charge in [0.1, 0.15) is 5.69 Å². The molecule has 12 heavy (non-hydrogen) atoms. The number of benzene rings is 1. The molecule has 66 valence electrons. The molecule has 0 aliphatic heterocycles. The third-order valence-electron chi connectivity index (χ3n) is 1.26. The molecule has 0 saturated heterocycles. The third kappa shape index (κ3) is 1.91. The number of nitrogens with zero attached hydrogens (tertiary/aromatic N) is 1. The zero-order valence-corrected chi connectivity index (χ0v) is 6.15. The number of hydrogen-bond donors (Lipinski definition) is 2. The molecular formula is C6H9N3O3. The highest BCUT2D eigenvalue weighted by Crippen LogP contribution is 2.21. The first kappa shape index (κ1) is 10.3. The number of nitrogens with one attached hydrogen (secondary N) is 1. The molecule has 0 atom stereocenters. The lowest BCUT2D eigenvalue weighted by atomic mass is 10.3. The zero-order chi connectivity index (χ0) is 8.27. The van der Waals surface area contributed by atoms with E-state index in [1.165, 1.54) is 12.1 Å². The van der Waals surface area contributed by atoms with E-state index in [1.807, 2.05) is 0 Å². The van der Waals surface area contributed by atoms with Gasteiger partial charge in [0, 0.05) is 6.07 Å². The second-order valence-electron chi connectivity index (χ2n) is 1.92. The Labute approximate surface area is 68.4 Å². The van der Waals surface area contributed by atoms with Crippen LogP contribution in [0.1, 0.15) is 0 Å². The molecule has 0 amide bonds. The summed E-state index contributed by atoms with van der Waals surface area (Å²) < 4.78 is 0. The number of hydrazine groups is 1. The van der Waals surface area contributed by atoms with Crippen LogP contribution in [0.3, 0.4) is 0 Å². The fourth-order valence-corrected chi connectivity index (χ4v) is 0.755. The Bertz CT molecular complexity index is 276. The van der Waals surface area contributed by atoms with Gasteiger partial charge < -0.3 is 10.9 Å². The van der Waals surface area contributed by atoms with Crippen molar-refractivity contribution in [3.8, 4) is 0 Å². The molecule has 1 aromatic rings. The highest BCUT2D eigenvalue weighted by molar-refractivity contribution is 5.60. The van der Waals surface area contributed by atoms with Gasteiger partial charge in [-0.2, -0.15) is 0 Å². The largest absolute Gasteiger partial charge is 0.412 e. The first-order chi connectivity index (χ1) is 5.25. The van der Waals surface area contributed by atoms with Crippen LogP contribution < -0.4 is 11.3 Å². The van der Waals surface area contributed by atoms with Gasteiger partial charge in [-0.15, -0.1) is 0 Å². The van der Waals surface area contributed by atoms with Crippen molar-refractivity contribution in [1.29, 1.82) is 0 Å². The van der Waals surface area contributed by atoms with Crippen LogP contribution in [0.5, 0.6) is 0 Å². The van der Waals surface area contributed by atoms with Gasteiger partial charge in [0.05, 0.1) is 4.92 Å². The van der Waals surface area contributed by atoms with Crippen LogP contribution in [-0.2, 0) is 0 Å². The van der Waals surface area contributed by atoms with Crippen molar-refractivity contribution in [2.75, 3.05) is 5.43 Å². The minimum atomic E-state index is -0.491. The maximum absolute atomic E-state index is 10.3. The van der Waals surface area contributed by atoms with E-state index >= 15 is 0 Å². The molecule has 0 aliphatic carbocycles. The van der Waals surface area contributed by atoms with E-state index in [-0.39, 0.29) is 11.2 Å². The van der Waals surface area contributed by atoms with Crippen LogP contribution in [-0.4, -0.2) is 10.4 Å². The Morgan fingerprint density at radius 3 is 2.42 bits per heavy atom. The summed E-state index contributed by atoms with van der Waals surface area (Å²) in [5.74, 6) is 5.03. The van der Waals surface area contributed by atoms with E-state index in [2.05, 4.69) is 5.43 Å². The van der Waals surface area contributed by atoms with Crippen molar-refractivity contribution in [3.05, 3.63) is 34.4 Å². The first-order valence-corrected chi connectivity index (χ1v) is 2.95. The maximum atomic E-state index is 10.3. The number of nitro benzene ring substituents is 1. The van der Waals surface area contributed by atoms with E-state index in [1.54, 1.807) is 12.1 Å². The summed E-state index contributed by atoms with van der Waals surface area (Å²) >= 11 is 0. The second kappa shape index (κ2) is 4.27. The fraction of sp³-hybridized carbons (Fsp3) is 0. The second-order valence-corrected chi connectivity index (χ2v) is 1.92. The minimum Gasteiger partial charge on any atom is -0.412 e. The molecule has 0 aliphatic rings. The Kier molecular flexibility index (Phi) is 3.68. The summed E-state index contributed by atoms with van der Waals surface area (Å²) in [7, 11) is 0. The topological polar surface area (TPSA) is 113 Å². The molecule has 6 heteroatoms. The number of para-hydroxylation sites is 2. The standard InChI is InChI=1S/C6H7N3O2.H2O/c7-8-5-3-1-2-4-6(5)9(10)11;/h1-4,8H,7H2;1H2. The Morgan fingerprint density at radius 1 is 1.42 bits per heavy atom.